The molecule has 0 atom stereocenters. The normalized spacial score (nSPS) is 14.1. The molecule has 0 saturated carbocycles. The first-order valence-electron chi connectivity index (χ1n) is 14.9. The monoisotopic (exact) mass is 587 g/mol. The number of aliphatic hydroxyl groups is 1. The SMILES string of the molecule is CCn1c(=O)n(-c2ccc(C3CCN(C(=O)CO)CC3)cc2)c2c3cc(-c4ccc(-c5cnn(C)c5)nc4)ccc3ncc21. The molecule has 0 bridgehead atoms. The molecule has 5 heterocycles. The van der Waals surface area contributed by atoms with Crippen LogP contribution in [0.1, 0.15) is 31.2 Å². The Kier molecular flexibility index (Phi) is 7.06. The van der Waals surface area contributed by atoms with Gasteiger partial charge in [0.05, 0.1) is 40.3 Å². The number of carbonyl (C=O) groups excluding carboxylic acids is 1. The number of amides is 1. The summed E-state index contributed by atoms with van der Waals surface area (Å²) in [5.74, 6) is 0.111. The maximum Gasteiger partial charge on any atom is 0.333 e. The lowest BCUT2D eigenvalue weighted by Gasteiger charge is -2.32. The molecule has 2 aromatic carbocycles. The Labute approximate surface area is 253 Å². The van der Waals surface area contributed by atoms with Gasteiger partial charge in [-0.05, 0) is 67.1 Å². The Hall–Kier alpha value is -5.09. The lowest BCUT2D eigenvalue weighted by Crippen LogP contribution is -2.39. The van der Waals surface area contributed by atoms with Crippen LogP contribution in [0.4, 0.5) is 0 Å². The summed E-state index contributed by atoms with van der Waals surface area (Å²) >= 11 is 0. The molecular weight excluding hydrogens is 554 g/mol. The fraction of sp³-hybridized carbons (Fsp3) is 0.265. The molecule has 1 saturated heterocycles. The van der Waals surface area contributed by atoms with Gasteiger partial charge >= 0.3 is 5.69 Å². The Morgan fingerprint density at radius 3 is 2.36 bits per heavy atom. The summed E-state index contributed by atoms with van der Waals surface area (Å²) in [6.07, 6.45) is 9.08. The molecule has 0 unspecified atom stereocenters. The number of carbonyl (C=O) groups is 1. The van der Waals surface area contributed by atoms with Gasteiger partial charge in [-0.2, -0.15) is 5.10 Å². The maximum atomic E-state index is 13.8. The van der Waals surface area contributed by atoms with E-state index in [0.717, 1.165) is 62.8 Å². The van der Waals surface area contributed by atoms with Crippen LogP contribution in [-0.4, -0.2) is 64.5 Å². The first-order chi connectivity index (χ1) is 21.4. The molecule has 1 N–H and O–H groups in total. The highest BCUT2D eigenvalue weighted by molar-refractivity contribution is 6.04. The molecule has 7 rings (SSSR count). The van der Waals surface area contributed by atoms with Gasteiger partial charge in [-0.15, -0.1) is 0 Å². The minimum atomic E-state index is -0.444. The first kappa shape index (κ1) is 27.7. The fourth-order valence-corrected chi connectivity index (χ4v) is 6.39. The third-order valence-electron chi connectivity index (χ3n) is 8.78. The number of nitrogens with zero attached hydrogens (tertiary/aromatic N) is 7. The van der Waals surface area contributed by atoms with Crippen molar-refractivity contribution in [3.8, 4) is 28.1 Å². The van der Waals surface area contributed by atoms with Gasteiger partial charge in [0.2, 0.25) is 5.91 Å². The number of hydrogen-bond donors (Lipinski definition) is 1. The van der Waals surface area contributed by atoms with Crippen molar-refractivity contribution >= 4 is 27.8 Å². The minimum absolute atomic E-state index is 0.103. The lowest BCUT2D eigenvalue weighted by atomic mass is 9.89. The third-order valence-corrected chi connectivity index (χ3v) is 8.78. The number of benzene rings is 2. The molecule has 0 radical (unpaired) electrons. The zero-order valence-corrected chi connectivity index (χ0v) is 24.7. The number of aryl methyl sites for hydroxylation is 2. The summed E-state index contributed by atoms with van der Waals surface area (Å²) < 4.78 is 5.32. The largest absolute Gasteiger partial charge is 0.387 e. The second kappa shape index (κ2) is 11.2. The van der Waals surface area contributed by atoms with Crippen LogP contribution in [0, 0.1) is 0 Å². The number of imidazole rings is 1. The van der Waals surface area contributed by atoms with Gasteiger partial charge in [0.25, 0.3) is 0 Å². The number of rotatable bonds is 6. The quantitative estimate of drug-likeness (QED) is 0.307. The molecule has 44 heavy (non-hydrogen) atoms. The summed E-state index contributed by atoms with van der Waals surface area (Å²) in [4.78, 5) is 36.8. The standard InChI is InChI=1S/C34H33N7O3/c1-3-40-31-19-36-30-11-6-24(25-7-10-29(35-17-25)26-18-37-38(2)20-26)16-28(30)33(31)41(34(40)44)27-8-4-22(5-9-27)23-12-14-39(15-13-23)32(43)21-42/h4-11,16-20,23,42H,3,12-15,21H2,1-2H3. The Balaban J connectivity index is 1.27. The lowest BCUT2D eigenvalue weighted by molar-refractivity contribution is -0.135. The van der Waals surface area contributed by atoms with E-state index in [1.165, 1.54) is 5.56 Å². The van der Waals surface area contributed by atoms with Gasteiger partial charge in [-0.25, -0.2) is 4.79 Å². The highest BCUT2D eigenvalue weighted by Crippen LogP contribution is 2.32. The van der Waals surface area contributed by atoms with E-state index in [1.54, 1.807) is 31.1 Å². The summed E-state index contributed by atoms with van der Waals surface area (Å²) in [6, 6.07) is 18.4. The van der Waals surface area contributed by atoms with Gasteiger partial charge in [0.1, 0.15) is 6.61 Å². The summed E-state index contributed by atoms with van der Waals surface area (Å²) in [5.41, 5.74) is 8.08. The number of aliphatic hydroxyl groups excluding tert-OH is 1. The highest BCUT2D eigenvalue weighted by Gasteiger charge is 2.24. The van der Waals surface area contributed by atoms with Crippen molar-refractivity contribution < 1.29 is 9.90 Å². The van der Waals surface area contributed by atoms with Crippen LogP contribution < -0.4 is 5.69 Å². The first-order valence-corrected chi connectivity index (χ1v) is 14.9. The van der Waals surface area contributed by atoms with Gasteiger partial charge in [-0.3, -0.25) is 28.6 Å². The molecule has 10 nitrogen and oxygen atoms in total. The average Bonchev–Trinajstić information content (AvgIpc) is 3.64. The highest BCUT2D eigenvalue weighted by atomic mass is 16.3. The molecule has 1 aliphatic rings. The van der Waals surface area contributed by atoms with Gasteiger partial charge in [0.15, 0.2) is 0 Å². The summed E-state index contributed by atoms with van der Waals surface area (Å²) in [7, 11) is 1.89. The number of hydrogen-bond acceptors (Lipinski definition) is 6. The van der Waals surface area contributed by atoms with Crippen LogP contribution in [-0.2, 0) is 18.4 Å². The molecule has 1 amide bonds. The molecule has 1 aliphatic heterocycles. The van der Waals surface area contributed by atoms with Crippen molar-refractivity contribution in [1.29, 1.82) is 0 Å². The van der Waals surface area contributed by atoms with Crippen LogP contribution in [0.25, 0.3) is 50.0 Å². The average molecular weight is 588 g/mol. The number of fused-ring (bicyclic) bond motifs is 3. The van der Waals surface area contributed by atoms with Crippen molar-refractivity contribution in [2.45, 2.75) is 32.2 Å². The summed E-state index contributed by atoms with van der Waals surface area (Å²) in [6.45, 7) is 3.33. The van der Waals surface area contributed by atoms with Crippen molar-refractivity contribution in [1.82, 2.24) is 33.8 Å². The van der Waals surface area contributed by atoms with Crippen LogP contribution in [0.3, 0.4) is 0 Å². The van der Waals surface area contributed by atoms with Crippen molar-refractivity contribution in [2.75, 3.05) is 19.7 Å². The minimum Gasteiger partial charge on any atom is -0.387 e. The molecule has 0 spiro atoms. The van der Waals surface area contributed by atoms with Crippen molar-refractivity contribution in [3.63, 3.8) is 0 Å². The van der Waals surface area contributed by atoms with Crippen LogP contribution in [0.15, 0.2) is 84.2 Å². The molecular formula is C34H33N7O3. The molecule has 10 heteroatoms. The van der Waals surface area contributed by atoms with E-state index in [1.807, 2.05) is 56.7 Å². The Bertz CT molecular complexity index is 2050. The van der Waals surface area contributed by atoms with E-state index in [0.29, 0.717) is 25.6 Å². The van der Waals surface area contributed by atoms with E-state index < -0.39 is 6.61 Å². The molecule has 0 aliphatic carbocycles. The predicted molar refractivity (Wildman–Crippen MR) is 170 cm³/mol. The molecule has 222 valence electrons. The van der Waals surface area contributed by atoms with Crippen LogP contribution in [0.5, 0.6) is 0 Å². The third kappa shape index (κ3) is 4.77. The number of pyridine rings is 2. The van der Waals surface area contributed by atoms with E-state index in [-0.39, 0.29) is 11.6 Å². The smallest absolute Gasteiger partial charge is 0.333 e. The van der Waals surface area contributed by atoms with E-state index >= 15 is 0 Å². The second-order valence-corrected chi connectivity index (χ2v) is 11.3. The predicted octanol–water partition coefficient (Wildman–Crippen LogP) is 4.52. The number of piperidine rings is 1. The van der Waals surface area contributed by atoms with Gasteiger partial charge in [-0.1, -0.05) is 24.3 Å². The zero-order chi connectivity index (χ0) is 30.4. The van der Waals surface area contributed by atoms with Crippen molar-refractivity contribution in [3.05, 3.63) is 95.4 Å². The second-order valence-electron chi connectivity index (χ2n) is 11.3. The Morgan fingerprint density at radius 1 is 0.932 bits per heavy atom. The van der Waals surface area contributed by atoms with Gasteiger partial charge < -0.3 is 10.0 Å². The maximum absolute atomic E-state index is 13.8. The molecule has 6 aromatic rings. The topological polar surface area (TPSA) is 111 Å². The molecule has 4 aromatic heterocycles. The zero-order valence-electron chi connectivity index (χ0n) is 24.7. The van der Waals surface area contributed by atoms with Crippen LogP contribution in [0.2, 0.25) is 0 Å². The Morgan fingerprint density at radius 2 is 1.70 bits per heavy atom. The fourth-order valence-electron chi connectivity index (χ4n) is 6.39. The van der Waals surface area contributed by atoms with Crippen molar-refractivity contribution in [2.24, 2.45) is 7.05 Å². The van der Waals surface area contributed by atoms with Crippen LogP contribution >= 0.6 is 0 Å². The van der Waals surface area contributed by atoms with E-state index in [9.17, 15) is 14.7 Å². The summed E-state index contributed by atoms with van der Waals surface area (Å²) in [5, 5.41) is 14.3. The van der Waals surface area contributed by atoms with E-state index in [2.05, 4.69) is 34.3 Å². The number of likely N-dealkylation sites (tertiary alicyclic amines) is 1. The van der Waals surface area contributed by atoms with E-state index in [4.69, 9.17) is 4.98 Å². The number of aromatic nitrogens is 6. The van der Waals surface area contributed by atoms with Gasteiger partial charge in [0, 0.05) is 55.6 Å². The molecule has 1 fully saturated rings.